The monoisotopic (exact) mass is 284 g/mol. The van der Waals surface area contributed by atoms with Crippen molar-refractivity contribution >= 4 is 0 Å². The van der Waals surface area contributed by atoms with Gasteiger partial charge in [0.15, 0.2) is 5.82 Å². The van der Waals surface area contributed by atoms with Gasteiger partial charge in [-0.15, -0.1) is 0 Å². The third-order valence-corrected chi connectivity index (χ3v) is 3.74. The number of nitrogens with one attached hydrogen (secondary N) is 1. The van der Waals surface area contributed by atoms with Gasteiger partial charge in [-0.3, -0.25) is 4.98 Å². The number of aromatic nitrogens is 3. The smallest absolute Gasteiger partial charge is 0.178 e. The van der Waals surface area contributed by atoms with Gasteiger partial charge in [-0.25, -0.2) is 9.97 Å². The van der Waals surface area contributed by atoms with E-state index >= 15 is 0 Å². The lowest BCUT2D eigenvalue weighted by atomic mass is 9.97. The second-order valence-electron chi connectivity index (χ2n) is 5.51. The average Bonchev–Trinajstić information content (AvgIpc) is 2.44. The van der Waals surface area contributed by atoms with Crippen molar-refractivity contribution in [1.82, 2.24) is 20.3 Å². The van der Waals surface area contributed by atoms with E-state index in [4.69, 9.17) is 9.97 Å². The van der Waals surface area contributed by atoms with Crippen LogP contribution < -0.4 is 5.32 Å². The molecule has 0 bridgehead atoms. The Morgan fingerprint density at radius 1 is 1.14 bits per heavy atom. The molecule has 4 nitrogen and oxygen atoms in total. The molecule has 2 aromatic rings. The molecular weight excluding hydrogens is 260 g/mol. The van der Waals surface area contributed by atoms with Crippen molar-refractivity contribution in [2.45, 2.75) is 40.5 Å². The highest BCUT2D eigenvalue weighted by molar-refractivity contribution is 5.55. The molecule has 4 heteroatoms. The largest absolute Gasteiger partial charge is 0.316 e. The molecule has 0 spiro atoms. The fraction of sp³-hybridized carbons (Fsp3) is 0.471. The first-order chi connectivity index (χ1) is 10.0. The summed E-state index contributed by atoms with van der Waals surface area (Å²) in [7, 11) is 0. The molecule has 2 aromatic heterocycles. The van der Waals surface area contributed by atoms with Crippen LogP contribution in [0.3, 0.4) is 0 Å². The van der Waals surface area contributed by atoms with Crippen LogP contribution in [0.15, 0.2) is 18.3 Å². The molecule has 1 N–H and O–H groups in total. The highest BCUT2D eigenvalue weighted by Crippen LogP contribution is 2.24. The first-order valence-electron chi connectivity index (χ1n) is 7.52. The van der Waals surface area contributed by atoms with Crippen LogP contribution in [-0.4, -0.2) is 28.0 Å². The predicted molar refractivity (Wildman–Crippen MR) is 86.4 cm³/mol. The molecule has 0 aliphatic heterocycles. The number of hydrogen-bond acceptors (Lipinski definition) is 4. The van der Waals surface area contributed by atoms with Crippen LogP contribution in [0, 0.1) is 20.8 Å². The lowest BCUT2D eigenvalue weighted by Gasteiger charge is -2.17. The minimum absolute atomic E-state index is 0.406. The van der Waals surface area contributed by atoms with Crippen LogP contribution in [0.25, 0.3) is 11.5 Å². The van der Waals surface area contributed by atoms with E-state index in [0.717, 1.165) is 41.6 Å². The molecule has 0 amide bonds. The second kappa shape index (κ2) is 6.76. The van der Waals surface area contributed by atoms with Gasteiger partial charge in [0.2, 0.25) is 0 Å². The highest BCUT2D eigenvalue weighted by atomic mass is 14.9. The van der Waals surface area contributed by atoms with Crippen LogP contribution in [0.1, 0.15) is 42.3 Å². The summed E-state index contributed by atoms with van der Waals surface area (Å²) in [6.45, 7) is 12.4. The van der Waals surface area contributed by atoms with Crippen molar-refractivity contribution in [3.8, 4) is 11.5 Å². The molecule has 1 atom stereocenters. The Kier molecular flexibility index (Phi) is 5.02. The zero-order valence-electron chi connectivity index (χ0n) is 13.6. The van der Waals surface area contributed by atoms with Crippen molar-refractivity contribution in [3.05, 3.63) is 40.8 Å². The zero-order valence-corrected chi connectivity index (χ0v) is 13.6. The van der Waals surface area contributed by atoms with E-state index in [9.17, 15) is 0 Å². The van der Waals surface area contributed by atoms with Gasteiger partial charge in [0.25, 0.3) is 0 Å². The number of nitrogens with zero attached hydrogens (tertiary/aromatic N) is 3. The number of likely N-dealkylation sites (N-methyl/N-ethyl adjacent to an activating group) is 1. The number of hydrogen-bond donors (Lipinski definition) is 1. The maximum Gasteiger partial charge on any atom is 0.178 e. The summed E-state index contributed by atoms with van der Waals surface area (Å²) in [6, 6.07) is 3.98. The quantitative estimate of drug-likeness (QED) is 0.916. The van der Waals surface area contributed by atoms with Crippen molar-refractivity contribution in [3.63, 3.8) is 0 Å². The summed E-state index contributed by atoms with van der Waals surface area (Å²) in [6.07, 6.45) is 1.79. The molecule has 0 fully saturated rings. The van der Waals surface area contributed by atoms with Crippen molar-refractivity contribution < 1.29 is 0 Å². The third-order valence-electron chi connectivity index (χ3n) is 3.74. The lowest BCUT2D eigenvalue weighted by Crippen LogP contribution is -2.21. The highest BCUT2D eigenvalue weighted by Gasteiger charge is 2.16. The minimum Gasteiger partial charge on any atom is -0.316 e. The van der Waals surface area contributed by atoms with Crippen molar-refractivity contribution in [1.29, 1.82) is 0 Å². The van der Waals surface area contributed by atoms with Crippen LogP contribution in [-0.2, 0) is 0 Å². The molecule has 0 aliphatic carbocycles. The molecular formula is C17H24N4. The minimum atomic E-state index is 0.406. The van der Waals surface area contributed by atoms with E-state index in [-0.39, 0.29) is 0 Å². The summed E-state index contributed by atoms with van der Waals surface area (Å²) in [5.74, 6) is 1.13. The van der Waals surface area contributed by atoms with Crippen LogP contribution in [0.5, 0.6) is 0 Å². The first-order valence-corrected chi connectivity index (χ1v) is 7.52. The average molecular weight is 284 g/mol. The number of pyridine rings is 1. The first kappa shape index (κ1) is 15.6. The molecule has 0 saturated heterocycles. The van der Waals surface area contributed by atoms with Gasteiger partial charge in [0.05, 0.1) is 0 Å². The maximum absolute atomic E-state index is 4.69. The van der Waals surface area contributed by atoms with E-state index in [2.05, 4.69) is 38.0 Å². The van der Waals surface area contributed by atoms with Gasteiger partial charge in [-0.2, -0.15) is 0 Å². The summed E-state index contributed by atoms with van der Waals surface area (Å²) in [4.78, 5) is 13.8. The Hall–Kier alpha value is -1.81. The molecule has 2 rings (SSSR count). The van der Waals surface area contributed by atoms with Gasteiger partial charge in [0.1, 0.15) is 5.69 Å². The Morgan fingerprint density at radius 2 is 1.81 bits per heavy atom. The SMILES string of the molecule is CCNCC(C)c1c(C)nc(-c2ncccc2C)nc1C. The topological polar surface area (TPSA) is 50.7 Å². The molecule has 0 saturated carbocycles. The second-order valence-corrected chi connectivity index (χ2v) is 5.51. The van der Waals surface area contributed by atoms with Gasteiger partial charge in [-0.05, 0) is 50.4 Å². The van der Waals surface area contributed by atoms with Gasteiger partial charge >= 0.3 is 0 Å². The molecule has 0 radical (unpaired) electrons. The summed E-state index contributed by atoms with van der Waals surface area (Å²) in [5, 5.41) is 3.39. The molecule has 112 valence electrons. The predicted octanol–water partition coefficient (Wildman–Crippen LogP) is 3.18. The van der Waals surface area contributed by atoms with E-state index in [0.29, 0.717) is 5.92 Å². The Morgan fingerprint density at radius 3 is 2.38 bits per heavy atom. The van der Waals surface area contributed by atoms with E-state index in [1.807, 2.05) is 19.1 Å². The van der Waals surface area contributed by atoms with Gasteiger partial charge in [0, 0.05) is 24.1 Å². The molecule has 0 aliphatic rings. The fourth-order valence-corrected chi connectivity index (χ4v) is 2.73. The van der Waals surface area contributed by atoms with E-state index < -0.39 is 0 Å². The normalized spacial score (nSPS) is 12.4. The Labute approximate surface area is 127 Å². The Balaban J connectivity index is 2.40. The van der Waals surface area contributed by atoms with Crippen molar-refractivity contribution in [2.75, 3.05) is 13.1 Å². The fourth-order valence-electron chi connectivity index (χ4n) is 2.73. The van der Waals surface area contributed by atoms with Gasteiger partial charge < -0.3 is 5.32 Å². The molecule has 2 heterocycles. The van der Waals surface area contributed by atoms with Crippen LogP contribution in [0.2, 0.25) is 0 Å². The standard InChI is InChI=1S/C17H24N4/c1-6-18-10-12(3)15-13(4)20-17(21-14(15)5)16-11(2)8-7-9-19-16/h7-9,12,18H,6,10H2,1-5H3. The van der Waals surface area contributed by atoms with Crippen LogP contribution >= 0.6 is 0 Å². The molecule has 1 unspecified atom stereocenters. The zero-order chi connectivity index (χ0) is 15.4. The molecule has 0 aromatic carbocycles. The maximum atomic E-state index is 4.69. The molecule has 21 heavy (non-hydrogen) atoms. The van der Waals surface area contributed by atoms with E-state index in [1.54, 1.807) is 6.20 Å². The number of aryl methyl sites for hydroxylation is 3. The summed E-state index contributed by atoms with van der Waals surface area (Å²) >= 11 is 0. The third kappa shape index (κ3) is 3.45. The number of rotatable bonds is 5. The van der Waals surface area contributed by atoms with Gasteiger partial charge in [-0.1, -0.05) is 19.9 Å². The Bertz CT molecular complexity index is 599. The lowest BCUT2D eigenvalue weighted by molar-refractivity contribution is 0.624. The van der Waals surface area contributed by atoms with Crippen molar-refractivity contribution in [2.24, 2.45) is 0 Å². The van der Waals surface area contributed by atoms with Crippen LogP contribution in [0.4, 0.5) is 0 Å². The van der Waals surface area contributed by atoms with E-state index in [1.165, 1.54) is 5.56 Å². The summed E-state index contributed by atoms with van der Waals surface area (Å²) < 4.78 is 0. The summed E-state index contributed by atoms with van der Waals surface area (Å²) in [5.41, 5.74) is 5.31.